The van der Waals surface area contributed by atoms with Gasteiger partial charge in [0.25, 0.3) is 0 Å². The second kappa shape index (κ2) is 7.35. The molecule has 0 radical (unpaired) electrons. The van der Waals surface area contributed by atoms with Gasteiger partial charge in [-0.05, 0) is 19.9 Å². The summed E-state index contributed by atoms with van der Waals surface area (Å²) in [4.78, 5) is 17.0. The summed E-state index contributed by atoms with van der Waals surface area (Å²) in [5.74, 6) is 2.09. The molecule has 0 spiro atoms. The van der Waals surface area contributed by atoms with E-state index in [0.29, 0.717) is 23.2 Å². The van der Waals surface area contributed by atoms with Crippen LogP contribution in [0.1, 0.15) is 51.9 Å². The number of nitrogens with zero attached hydrogens (tertiary/aromatic N) is 2. The number of ether oxygens (including phenoxy) is 2. The van der Waals surface area contributed by atoms with Crippen LogP contribution in [0.15, 0.2) is 22.7 Å². The summed E-state index contributed by atoms with van der Waals surface area (Å²) < 4.78 is 15.9. The third-order valence-electron chi connectivity index (χ3n) is 3.92. The van der Waals surface area contributed by atoms with Crippen LogP contribution in [0.4, 0.5) is 0 Å². The Kier molecular flexibility index (Phi) is 5.59. The van der Waals surface area contributed by atoms with Gasteiger partial charge < -0.3 is 19.3 Å². The monoisotopic (exact) mass is 361 g/mol. The van der Waals surface area contributed by atoms with E-state index < -0.39 is 5.54 Å². The molecular formula is C19H27N3O4. The summed E-state index contributed by atoms with van der Waals surface area (Å²) in [6, 6.07) is 5.37. The predicted octanol–water partition coefficient (Wildman–Crippen LogP) is 2.98. The second-order valence-corrected chi connectivity index (χ2v) is 7.70. The van der Waals surface area contributed by atoms with Crippen molar-refractivity contribution in [1.82, 2.24) is 15.5 Å². The molecule has 1 aromatic carbocycles. The van der Waals surface area contributed by atoms with E-state index in [-0.39, 0.29) is 17.7 Å². The molecule has 7 heteroatoms. The summed E-state index contributed by atoms with van der Waals surface area (Å²) in [6.45, 7) is 9.66. The van der Waals surface area contributed by atoms with Gasteiger partial charge in [-0.25, -0.2) is 0 Å². The zero-order valence-electron chi connectivity index (χ0n) is 16.5. The topological polar surface area (TPSA) is 86.5 Å². The van der Waals surface area contributed by atoms with Gasteiger partial charge in [-0.3, -0.25) is 4.79 Å². The van der Waals surface area contributed by atoms with Gasteiger partial charge in [0.05, 0.1) is 26.2 Å². The molecule has 2 aromatic rings. The lowest BCUT2D eigenvalue weighted by Crippen LogP contribution is -2.42. The Morgan fingerprint density at radius 1 is 1.15 bits per heavy atom. The van der Waals surface area contributed by atoms with E-state index in [1.165, 1.54) is 0 Å². The largest absolute Gasteiger partial charge is 0.497 e. The Morgan fingerprint density at radius 3 is 2.38 bits per heavy atom. The number of carbonyl (C=O) groups excluding carboxylic acids is 1. The van der Waals surface area contributed by atoms with Crippen LogP contribution in [0, 0.1) is 0 Å². The van der Waals surface area contributed by atoms with Crippen molar-refractivity contribution >= 4 is 5.91 Å². The number of benzene rings is 1. The quantitative estimate of drug-likeness (QED) is 0.851. The minimum absolute atomic E-state index is 0.166. The number of hydrogen-bond acceptors (Lipinski definition) is 6. The van der Waals surface area contributed by atoms with Crippen LogP contribution < -0.4 is 14.8 Å². The first kappa shape index (κ1) is 19.8. The molecule has 142 valence electrons. The Bertz CT molecular complexity index is 775. The van der Waals surface area contributed by atoms with Crippen LogP contribution in [0.25, 0.3) is 0 Å². The van der Waals surface area contributed by atoms with Crippen LogP contribution in [0.5, 0.6) is 11.5 Å². The number of methoxy groups -OCH3 is 2. The van der Waals surface area contributed by atoms with Crippen molar-refractivity contribution in [2.45, 2.75) is 52.0 Å². The van der Waals surface area contributed by atoms with E-state index in [4.69, 9.17) is 14.0 Å². The highest BCUT2D eigenvalue weighted by molar-refractivity contribution is 5.80. The zero-order chi connectivity index (χ0) is 19.5. The normalized spacial score (nSPS) is 12.0. The molecule has 1 aromatic heterocycles. The minimum atomic E-state index is -0.760. The van der Waals surface area contributed by atoms with E-state index in [1.54, 1.807) is 26.4 Å². The van der Waals surface area contributed by atoms with Crippen LogP contribution >= 0.6 is 0 Å². The lowest BCUT2D eigenvalue weighted by Gasteiger charge is -2.23. The van der Waals surface area contributed by atoms with Gasteiger partial charge in [0, 0.05) is 17.0 Å². The minimum Gasteiger partial charge on any atom is -0.497 e. The third kappa shape index (κ3) is 4.53. The fraction of sp³-hybridized carbons (Fsp3) is 0.526. The SMILES string of the molecule is COc1ccc(CC(=O)NC(C)(C)c2noc(C(C)(C)C)n2)c(OC)c1. The predicted molar refractivity (Wildman–Crippen MR) is 97.4 cm³/mol. The first-order valence-electron chi connectivity index (χ1n) is 8.43. The summed E-state index contributed by atoms with van der Waals surface area (Å²) in [5.41, 5.74) is -0.240. The lowest BCUT2D eigenvalue weighted by molar-refractivity contribution is -0.122. The molecule has 1 amide bonds. The number of aromatic nitrogens is 2. The van der Waals surface area contributed by atoms with Gasteiger partial charge in [-0.15, -0.1) is 0 Å². The van der Waals surface area contributed by atoms with Crippen LogP contribution in [0.3, 0.4) is 0 Å². The Morgan fingerprint density at radius 2 is 1.85 bits per heavy atom. The molecule has 0 unspecified atom stereocenters. The number of hydrogen-bond donors (Lipinski definition) is 1. The van der Waals surface area contributed by atoms with Gasteiger partial charge in [0.2, 0.25) is 11.8 Å². The molecule has 1 heterocycles. The fourth-order valence-corrected chi connectivity index (χ4v) is 2.40. The van der Waals surface area contributed by atoms with Gasteiger partial charge in [0.1, 0.15) is 11.5 Å². The van der Waals surface area contributed by atoms with Gasteiger partial charge in [0.15, 0.2) is 5.82 Å². The van der Waals surface area contributed by atoms with E-state index in [1.807, 2.05) is 40.7 Å². The van der Waals surface area contributed by atoms with E-state index >= 15 is 0 Å². The highest BCUT2D eigenvalue weighted by Crippen LogP contribution is 2.26. The highest BCUT2D eigenvalue weighted by Gasteiger charge is 2.31. The standard InChI is InChI=1S/C19H27N3O4/c1-18(2,3)17-20-16(22-26-17)19(4,5)21-15(23)10-12-8-9-13(24-6)11-14(12)25-7/h8-9,11H,10H2,1-7H3,(H,21,23). The average Bonchev–Trinajstić information content (AvgIpc) is 3.06. The Balaban J connectivity index is 2.12. The average molecular weight is 361 g/mol. The van der Waals surface area contributed by atoms with Crippen molar-refractivity contribution in [3.8, 4) is 11.5 Å². The molecular weight excluding hydrogens is 334 g/mol. The maximum absolute atomic E-state index is 12.5. The molecule has 0 aliphatic carbocycles. The molecule has 0 bridgehead atoms. The van der Waals surface area contributed by atoms with Crippen molar-refractivity contribution < 1.29 is 18.8 Å². The smallest absolute Gasteiger partial charge is 0.232 e. The van der Waals surface area contributed by atoms with Crippen LogP contribution in [0.2, 0.25) is 0 Å². The number of amides is 1. The molecule has 0 aliphatic heterocycles. The fourth-order valence-electron chi connectivity index (χ4n) is 2.40. The van der Waals surface area contributed by atoms with Crippen LogP contribution in [-0.4, -0.2) is 30.3 Å². The molecule has 0 aliphatic rings. The lowest BCUT2D eigenvalue weighted by atomic mass is 9.96. The molecule has 1 N–H and O–H groups in total. The second-order valence-electron chi connectivity index (χ2n) is 7.70. The molecule has 0 saturated heterocycles. The molecule has 7 nitrogen and oxygen atoms in total. The molecule has 2 rings (SSSR count). The van der Waals surface area contributed by atoms with Gasteiger partial charge >= 0.3 is 0 Å². The summed E-state index contributed by atoms with van der Waals surface area (Å²) in [6.07, 6.45) is 0.167. The Hall–Kier alpha value is -2.57. The van der Waals surface area contributed by atoms with Crippen molar-refractivity contribution in [2.24, 2.45) is 0 Å². The van der Waals surface area contributed by atoms with E-state index in [0.717, 1.165) is 5.56 Å². The maximum atomic E-state index is 12.5. The molecule has 0 atom stereocenters. The molecule has 0 saturated carbocycles. The first-order chi connectivity index (χ1) is 12.1. The number of carbonyl (C=O) groups is 1. The summed E-state index contributed by atoms with van der Waals surface area (Å²) >= 11 is 0. The summed E-state index contributed by atoms with van der Waals surface area (Å²) in [5, 5.41) is 6.98. The maximum Gasteiger partial charge on any atom is 0.232 e. The zero-order valence-corrected chi connectivity index (χ0v) is 16.5. The highest BCUT2D eigenvalue weighted by atomic mass is 16.5. The summed E-state index contributed by atoms with van der Waals surface area (Å²) in [7, 11) is 3.15. The third-order valence-corrected chi connectivity index (χ3v) is 3.92. The molecule has 26 heavy (non-hydrogen) atoms. The molecule has 0 fully saturated rings. The number of rotatable bonds is 6. The van der Waals surface area contributed by atoms with Crippen molar-refractivity contribution in [3.05, 3.63) is 35.5 Å². The van der Waals surface area contributed by atoms with Crippen molar-refractivity contribution in [3.63, 3.8) is 0 Å². The van der Waals surface area contributed by atoms with Crippen LogP contribution in [-0.2, 0) is 22.2 Å². The van der Waals surface area contributed by atoms with Gasteiger partial charge in [-0.1, -0.05) is 32.0 Å². The van der Waals surface area contributed by atoms with E-state index in [2.05, 4.69) is 15.5 Å². The van der Waals surface area contributed by atoms with Crippen molar-refractivity contribution in [2.75, 3.05) is 14.2 Å². The number of nitrogens with one attached hydrogen (secondary N) is 1. The van der Waals surface area contributed by atoms with Gasteiger partial charge in [-0.2, -0.15) is 4.98 Å². The van der Waals surface area contributed by atoms with Crippen molar-refractivity contribution in [1.29, 1.82) is 0 Å². The Labute approximate surface area is 154 Å². The first-order valence-corrected chi connectivity index (χ1v) is 8.43. The van der Waals surface area contributed by atoms with E-state index in [9.17, 15) is 4.79 Å².